The first-order chi connectivity index (χ1) is 16.8. The van der Waals surface area contributed by atoms with Gasteiger partial charge in [0.2, 0.25) is 6.29 Å². The minimum absolute atomic E-state index is 0.200. The largest absolute Gasteiger partial charge is 0.479 e. The number of aliphatic hydroxyl groups is 3. The summed E-state index contributed by atoms with van der Waals surface area (Å²) in [5.41, 5.74) is 1.35. The summed E-state index contributed by atoms with van der Waals surface area (Å²) < 4.78 is 16.8. The van der Waals surface area contributed by atoms with Gasteiger partial charge in [0, 0.05) is 16.7 Å². The van der Waals surface area contributed by atoms with Gasteiger partial charge in [0.15, 0.2) is 11.7 Å². The summed E-state index contributed by atoms with van der Waals surface area (Å²) >= 11 is 0. The topological polar surface area (TPSA) is 143 Å². The zero-order chi connectivity index (χ0) is 24.7. The molecule has 3 aromatic carbocycles. The lowest BCUT2D eigenvalue weighted by Gasteiger charge is -2.38. The SMILES string of the molecule is O=C1OC(c2ccccc2)(c2ccc(OC3OC(C(=O)O)C(O)C(O)C3O)cc2)c2ccccc21. The molecular formula is C26H22O9. The number of ether oxygens (including phenoxy) is 3. The van der Waals surface area contributed by atoms with Crippen LogP contribution in [-0.4, -0.2) is 63.1 Å². The molecule has 9 nitrogen and oxygen atoms in total. The second kappa shape index (κ2) is 8.79. The molecule has 0 spiro atoms. The van der Waals surface area contributed by atoms with Crippen molar-refractivity contribution in [1.29, 1.82) is 0 Å². The van der Waals surface area contributed by atoms with Crippen molar-refractivity contribution in [2.75, 3.05) is 0 Å². The van der Waals surface area contributed by atoms with Crippen LogP contribution in [0.5, 0.6) is 5.75 Å². The van der Waals surface area contributed by atoms with E-state index in [4.69, 9.17) is 14.2 Å². The Morgan fingerprint density at radius 1 is 0.800 bits per heavy atom. The van der Waals surface area contributed by atoms with E-state index < -0.39 is 48.2 Å². The van der Waals surface area contributed by atoms with Crippen LogP contribution in [0.1, 0.15) is 27.0 Å². The zero-order valence-corrected chi connectivity index (χ0v) is 18.2. The van der Waals surface area contributed by atoms with Crippen LogP contribution in [0.2, 0.25) is 0 Å². The zero-order valence-electron chi connectivity index (χ0n) is 18.2. The van der Waals surface area contributed by atoms with E-state index in [1.807, 2.05) is 42.5 Å². The number of aliphatic hydroxyl groups excluding tert-OH is 3. The molecule has 35 heavy (non-hydrogen) atoms. The fraction of sp³-hybridized carbons (Fsp3) is 0.231. The first-order valence-corrected chi connectivity index (χ1v) is 10.9. The number of carboxylic acid groups (broad SMARTS) is 1. The van der Waals surface area contributed by atoms with E-state index in [1.165, 1.54) is 0 Å². The number of aliphatic carboxylic acids is 1. The third kappa shape index (κ3) is 3.75. The van der Waals surface area contributed by atoms with E-state index in [0.717, 1.165) is 5.56 Å². The summed E-state index contributed by atoms with van der Waals surface area (Å²) in [5.74, 6) is -1.75. The minimum atomic E-state index is -1.81. The lowest BCUT2D eigenvalue weighted by Crippen LogP contribution is -2.61. The van der Waals surface area contributed by atoms with Crippen molar-refractivity contribution in [2.24, 2.45) is 0 Å². The molecule has 0 aromatic heterocycles. The molecule has 2 aliphatic rings. The van der Waals surface area contributed by atoms with Crippen LogP contribution >= 0.6 is 0 Å². The molecule has 5 rings (SSSR count). The van der Waals surface area contributed by atoms with Gasteiger partial charge in [-0.05, 0) is 18.2 Å². The maximum Gasteiger partial charge on any atom is 0.340 e. The Morgan fingerprint density at radius 3 is 2.11 bits per heavy atom. The van der Waals surface area contributed by atoms with Gasteiger partial charge in [-0.2, -0.15) is 0 Å². The molecule has 4 N–H and O–H groups in total. The Morgan fingerprint density at radius 2 is 1.43 bits per heavy atom. The highest BCUT2D eigenvalue weighted by molar-refractivity contribution is 5.96. The molecule has 2 aliphatic heterocycles. The number of benzene rings is 3. The second-order valence-electron chi connectivity index (χ2n) is 8.36. The van der Waals surface area contributed by atoms with Gasteiger partial charge < -0.3 is 34.6 Å². The molecule has 6 unspecified atom stereocenters. The number of carboxylic acids is 1. The van der Waals surface area contributed by atoms with Crippen molar-refractivity contribution in [3.63, 3.8) is 0 Å². The van der Waals surface area contributed by atoms with Crippen molar-refractivity contribution in [3.05, 3.63) is 101 Å². The number of hydrogen-bond acceptors (Lipinski definition) is 8. The van der Waals surface area contributed by atoms with Crippen molar-refractivity contribution in [2.45, 2.75) is 36.3 Å². The molecule has 0 bridgehead atoms. The number of carbonyl (C=O) groups is 2. The lowest BCUT2D eigenvalue weighted by molar-refractivity contribution is -0.271. The van der Waals surface area contributed by atoms with Crippen LogP contribution in [-0.2, 0) is 19.9 Å². The van der Waals surface area contributed by atoms with E-state index in [9.17, 15) is 30.0 Å². The van der Waals surface area contributed by atoms with Gasteiger partial charge in [0.25, 0.3) is 0 Å². The molecule has 2 heterocycles. The van der Waals surface area contributed by atoms with Crippen LogP contribution in [0.25, 0.3) is 0 Å². The normalized spacial score (nSPS) is 29.8. The lowest BCUT2D eigenvalue weighted by atomic mass is 9.80. The van der Waals surface area contributed by atoms with Crippen molar-refractivity contribution in [1.82, 2.24) is 0 Å². The smallest absolute Gasteiger partial charge is 0.340 e. The number of fused-ring (bicyclic) bond motifs is 1. The van der Waals surface area contributed by atoms with E-state index in [2.05, 4.69) is 0 Å². The van der Waals surface area contributed by atoms with E-state index in [1.54, 1.807) is 36.4 Å². The van der Waals surface area contributed by atoms with Crippen molar-refractivity contribution < 1.29 is 44.2 Å². The van der Waals surface area contributed by atoms with Crippen LogP contribution in [0.4, 0.5) is 0 Å². The minimum Gasteiger partial charge on any atom is -0.479 e. The number of rotatable bonds is 5. The van der Waals surface area contributed by atoms with Gasteiger partial charge >= 0.3 is 11.9 Å². The molecule has 180 valence electrons. The maximum atomic E-state index is 12.8. The Balaban J connectivity index is 1.49. The Kier molecular flexibility index (Phi) is 5.78. The molecule has 6 atom stereocenters. The second-order valence-corrected chi connectivity index (χ2v) is 8.36. The first kappa shape index (κ1) is 23.0. The number of carbonyl (C=O) groups excluding carboxylic acids is 1. The van der Waals surface area contributed by atoms with Crippen LogP contribution < -0.4 is 4.74 Å². The highest BCUT2D eigenvalue weighted by Gasteiger charge is 2.49. The van der Waals surface area contributed by atoms with Gasteiger partial charge in [-0.1, -0.05) is 60.7 Å². The summed E-state index contributed by atoms with van der Waals surface area (Å²) in [4.78, 5) is 24.1. The predicted octanol–water partition coefficient (Wildman–Crippen LogP) is 1.42. The highest BCUT2D eigenvalue weighted by Crippen LogP contribution is 2.47. The average molecular weight is 478 g/mol. The Hall–Kier alpha value is -3.76. The Bertz CT molecular complexity index is 1240. The first-order valence-electron chi connectivity index (χ1n) is 10.9. The standard InChI is InChI=1S/C26H22O9/c27-19-20(28)22(23(30)31)34-25(21(19)29)33-16-12-10-15(11-13-16)26(14-6-2-1-3-7-14)18-9-5-4-8-17(18)24(32)35-26/h1-13,19-22,25,27-29H,(H,30,31). The molecule has 0 saturated carbocycles. The molecule has 0 aliphatic carbocycles. The fourth-order valence-electron chi connectivity index (χ4n) is 4.54. The van der Waals surface area contributed by atoms with E-state index >= 15 is 0 Å². The monoisotopic (exact) mass is 478 g/mol. The molecular weight excluding hydrogens is 456 g/mol. The third-order valence-corrected chi connectivity index (χ3v) is 6.28. The summed E-state index contributed by atoms with van der Waals surface area (Å²) in [5, 5.41) is 39.3. The van der Waals surface area contributed by atoms with Gasteiger partial charge in [0.1, 0.15) is 24.1 Å². The highest BCUT2D eigenvalue weighted by atomic mass is 16.7. The summed E-state index contributed by atoms with van der Waals surface area (Å²) in [6.07, 6.45) is -8.57. The van der Waals surface area contributed by atoms with Gasteiger partial charge in [-0.25, -0.2) is 9.59 Å². The van der Waals surface area contributed by atoms with E-state index in [-0.39, 0.29) is 5.75 Å². The summed E-state index contributed by atoms with van der Waals surface area (Å²) in [6.45, 7) is 0. The molecule has 0 radical (unpaired) electrons. The predicted molar refractivity (Wildman–Crippen MR) is 120 cm³/mol. The maximum absolute atomic E-state index is 12.8. The van der Waals surface area contributed by atoms with Crippen LogP contribution in [0, 0.1) is 0 Å². The van der Waals surface area contributed by atoms with Gasteiger partial charge in [-0.3, -0.25) is 0 Å². The molecule has 3 aromatic rings. The molecule has 1 saturated heterocycles. The number of esters is 1. The average Bonchev–Trinajstić information content (AvgIpc) is 3.18. The number of cyclic esters (lactones) is 1. The third-order valence-electron chi connectivity index (χ3n) is 6.28. The van der Waals surface area contributed by atoms with Crippen LogP contribution in [0.15, 0.2) is 78.9 Å². The van der Waals surface area contributed by atoms with Crippen molar-refractivity contribution in [3.8, 4) is 5.75 Å². The summed E-state index contributed by atoms with van der Waals surface area (Å²) in [7, 11) is 0. The summed E-state index contributed by atoms with van der Waals surface area (Å²) in [6, 6.07) is 22.9. The Labute approximate surface area is 199 Å². The molecule has 9 heteroatoms. The molecule has 0 amide bonds. The van der Waals surface area contributed by atoms with Crippen molar-refractivity contribution >= 4 is 11.9 Å². The van der Waals surface area contributed by atoms with Gasteiger partial charge in [-0.15, -0.1) is 0 Å². The van der Waals surface area contributed by atoms with E-state index in [0.29, 0.717) is 16.7 Å². The quantitative estimate of drug-likeness (QED) is 0.400. The fourth-order valence-corrected chi connectivity index (χ4v) is 4.54. The van der Waals surface area contributed by atoms with Gasteiger partial charge in [0.05, 0.1) is 5.56 Å². The van der Waals surface area contributed by atoms with Crippen LogP contribution in [0.3, 0.4) is 0 Å². The number of hydrogen-bond donors (Lipinski definition) is 4. The molecule has 1 fully saturated rings.